The van der Waals surface area contributed by atoms with Gasteiger partial charge in [-0.05, 0) is 49.2 Å². The summed E-state index contributed by atoms with van der Waals surface area (Å²) in [6, 6.07) is 10.2. The van der Waals surface area contributed by atoms with Crippen LogP contribution in [0.1, 0.15) is 24.5 Å². The zero-order valence-electron chi connectivity index (χ0n) is 18.1. The molecule has 0 saturated carbocycles. The maximum atomic E-state index is 12.5. The van der Waals surface area contributed by atoms with Crippen LogP contribution >= 0.6 is 11.6 Å². The van der Waals surface area contributed by atoms with E-state index in [0.717, 1.165) is 16.1 Å². The van der Waals surface area contributed by atoms with Gasteiger partial charge in [0, 0.05) is 10.6 Å². The van der Waals surface area contributed by atoms with Gasteiger partial charge in [-0.1, -0.05) is 24.6 Å². The van der Waals surface area contributed by atoms with Gasteiger partial charge in [0.05, 0.1) is 31.9 Å². The smallest absolute Gasteiger partial charge is 0.260 e. The van der Waals surface area contributed by atoms with E-state index in [2.05, 4.69) is 10.5 Å². The molecule has 0 heterocycles. The minimum atomic E-state index is -3.73. The number of anilines is 1. The van der Waals surface area contributed by atoms with Gasteiger partial charge in [-0.15, -0.1) is 0 Å². The molecule has 0 aliphatic rings. The van der Waals surface area contributed by atoms with Crippen LogP contribution in [0, 0.1) is 6.92 Å². The van der Waals surface area contributed by atoms with Gasteiger partial charge >= 0.3 is 0 Å². The number of methoxy groups -OCH3 is 2. The number of hydrazone groups is 1. The predicted octanol–water partition coefficient (Wildman–Crippen LogP) is 3.36. The number of halogens is 1. The van der Waals surface area contributed by atoms with Gasteiger partial charge in [0.2, 0.25) is 10.0 Å². The first-order chi connectivity index (χ1) is 14.6. The fourth-order valence-electron chi connectivity index (χ4n) is 2.91. The lowest BCUT2D eigenvalue weighted by molar-refractivity contribution is -0.119. The molecule has 1 N–H and O–H groups in total. The van der Waals surface area contributed by atoms with Crippen LogP contribution in [-0.2, 0) is 14.8 Å². The Morgan fingerprint density at radius 2 is 1.84 bits per heavy atom. The Bertz CT molecular complexity index is 1090. The summed E-state index contributed by atoms with van der Waals surface area (Å²) in [6.07, 6.45) is 1.56. The van der Waals surface area contributed by atoms with Crippen LogP contribution in [0.2, 0.25) is 5.02 Å². The zero-order chi connectivity index (χ0) is 23.2. The molecule has 168 valence electrons. The van der Waals surface area contributed by atoms with Crippen LogP contribution in [0.3, 0.4) is 0 Å². The molecule has 0 spiro atoms. The monoisotopic (exact) mass is 467 g/mol. The number of benzene rings is 2. The number of carbonyl (C=O) groups is 1. The van der Waals surface area contributed by atoms with E-state index in [4.69, 9.17) is 21.1 Å². The molecule has 0 radical (unpaired) electrons. The summed E-state index contributed by atoms with van der Waals surface area (Å²) in [7, 11) is -0.655. The second kappa shape index (κ2) is 10.5. The van der Waals surface area contributed by atoms with Crippen LogP contribution in [-0.4, -0.2) is 47.1 Å². The summed E-state index contributed by atoms with van der Waals surface area (Å²) in [5.41, 5.74) is 4.68. The summed E-state index contributed by atoms with van der Waals surface area (Å²) in [6.45, 7) is 3.14. The van der Waals surface area contributed by atoms with Crippen molar-refractivity contribution in [2.75, 3.05) is 31.3 Å². The first kappa shape index (κ1) is 24.5. The molecule has 2 aromatic carbocycles. The molecule has 0 saturated heterocycles. The minimum Gasteiger partial charge on any atom is -0.493 e. The van der Waals surface area contributed by atoms with Crippen LogP contribution < -0.4 is 19.2 Å². The topological polar surface area (TPSA) is 97.3 Å². The molecule has 0 bridgehead atoms. The fourth-order valence-corrected chi connectivity index (χ4v) is 3.98. The molecule has 0 aromatic heterocycles. The zero-order valence-corrected chi connectivity index (χ0v) is 19.7. The summed E-state index contributed by atoms with van der Waals surface area (Å²) >= 11 is 6.12. The Kier molecular flexibility index (Phi) is 8.29. The van der Waals surface area contributed by atoms with Gasteiger partial charge in [0.15, 0.2) is 11.5 Å². The lowest BCUT2D eigenvalue weighted by Crippen LogP contribution is -2.39. The normalized spacial score (nSPS) is 11.7. The molecule has 2 rings (SSSR count). The Morgan fingerprint density at radius 3 is 2.42 bits per heavy atom. The van der Waals surface area contributed by atoms with E-state index in [0.29, 0.717) is 39.9 Å². The number of ether oxygens (including phenoxy) is 2. The number of nitrogens with one attached hydrogen (secondary N) is 1. The van der Waals surface area contributed by atoms with Crippen molar-refractivity contribution in [1.29, 1.82) is 0 Å². The van der Waals surface area contributed by atoms with Crippen molar-refractivity contribution in [3.63, 3.8) is 0 Å². The maximum absolute atomic E-state index is 12.5. The molecular weight excluding hydrogens is 442 g/mol. The van der Waals surface area contributed by atoms with Crippen molar-refractivity contribution < 1.29 is 22.7 Å². The molecule has 0 fully saturated rings. The number of rotatable bonds is 9. The number of amides is 1. The SMILES string of the molecule is CCC(=NNC(=O)CN(c1cccc(Cl)c1C)S(C)(=O)=O)c1ccc(OC)c(OC)c1. The largest absolute Gasteiger partial charge is 0.493 e. The van der Waals surface area contributed by atoms with Crippen molar-refractivity contribution in [2.24, 2.45) is 5.10 Å². The minimum absolute atomic E-state index is 0.338. The molecule has 0 atom stereocenters. The number of hydrogen-bond donors (Lipinski definition) is 1. The first-order valence-electron chi connectivity index (χ1n) is 9.43. The van der Waals surface area contributed by atoms with E-state index in [9.17, 15) is 13.2 Å². The molecule has 8 nitrogen and oxygen atoms in total. The Balaban J connectivity index is 2.26. The summed E-state index contributed by atoms with van der Waals surface area (Å²) in [4.78, 5) is 12.5. The van der Waals surface area contributed by atoms with E-state index >= 15 is 0 Å². The van der Waals surface area contributed by atoms with E-state index < -0.39 is 22.5 Å². The van der Waals surface area contributed by atoms with E-state index in [1.165, 1.54) is 7.11 Å². The van der Waals surface area contributed by atoms with Gasteiger partial charge in [0.25, 0.3) is 5.91 Å². The Morgan fingerprint density at radius 1 is 1.16 bits per heavy atom. The third kappa shape index (κ3) is 6.11. The molecule has 0 aliphatic carbocycles. The fraction of sp³-hybridized carbons (Fsp3) is 0.333. The molecule has 2 aromatic rings. The molecular formula is C21H26ClN3O5S. The Labute approximate surface area is 187 Å². The van der Waals surface area contributed by atoms with Crippen molar-refractivity contribution >= 4 is 38.9 Å². The first-order valence-corrected chi connectivity index (χ1v) is 11.7. The molecule has 31 heavy (non-hydrogen) atoms. The number of hydrogen-bond acceptors (Lipinski definition) is 6. The van der Waals surface area contributed by atoms with E-state index in [-0.39, 0.29) is 0 Å². The van der Waals surface area contributed by atoms with Crippen molar-refractivity contribution in [3.8, 4) is 11.5 Å². The third-order valence-corrected chi connectivity index (χ3v) is 6.10. The average molecular weight is 468 g/mol. The second-order valence-electron chi connectivity index (χ2n) is 6.67. The van der Waals surface area contributed by atoms with Crippen LogP contribution in [0.4, 0.5) is 5.69 Å². The second-order valence-corrected chi connectivity index (χ2v) is 8.98. The molecule has 0 unspecified atom stereocenters. The predicted molar refractivity (Wildman–Crippen MR) is 123 cm³/mol. The van der Waals surface area contributed by atoms with Gasteiger partial charge in [0.1, 0.15) is 6.54 Å². The Hall–Kier alpha value is -2.78. The average Bonchev–Trinajstić information content (AvgIpc) is 2.73. The van der Waals surface area contributed by atoms with E-state index in [1.54, 1.807) is 50.4 Å². The van der Waals surface area contributed by atoms with Crippen molar-refractivity contribution in [1.82, 2.24) is 5.43 Å². The third-order valence-electron chi connectivity index (χ3n) is 4.56. The van der Waals surface area contributed by atoms with Gasteiger partial charge in [-0.3, -0.25) is 9.10 Å². The number of sulfonamides is 1. The number of carbonyl (C=O) groups excluding carboxylic acids is 1. The molecule has 10 heteroatoms. The quantitative estimate of drug-likeness (QED) is 0.450. The summed E-state index contributed by atoms with van der Waals surface area (Å²) in [5.74, 6) is 0.523. The molecule has 1 amide bonds. The van der Waals surface area contributed by atoms with Gasteiger partial charge in [-0.25, -0.2) is 13.8 Å². The van der Waals surface area contributed by atoms with Crippen LogP contribution in [0.15, 0.2) is 41.5 Å². The lowest BCUT2D eigenvalue weighted by atomic mass is 10.1. The van der Waals surface area contributed by atoms with E-state index in [1.807, 2.05) is 6.92 Å². The molecule has 0 aliphatic heterocycles. The highest BCUT2D eigenvalue weighted by Gasteiger charge is 2.23. The van der Waals surface area contributed by atoms with Gasteiger partial charge in [-0.2, -0.15) is 5.10 Å². The van der Waals surface area contributed by atoms with Crippen molar-refractivity contribution in [2.45, 2.75) is 20.3 Å². The van der Waals surface area contributed by atoms with Crippen LogP contribution in [0.25, 0.3) is 0 Å². The van der Waals surface area contributed by atoms with Crippen molar-refractivity contribution in [3.05, 3.63) is 52.5 Å². The highest BCUT2D eigenvalue weighted by molar-refractivity contribution is 7.92. The van der Waals surface area contributed by atoms with Crippen LogP contribution in [0.5, 0.6) is 11.5 Å². The highest BCUT2D eigenvalue weighted by atomic mass is 35.5. The maximum Gasteiger partial charge on any atom is 0.260 e. The lowest BCUT2D eigenvalue weighted by Gasteiger charge is -2.23. The summed E-state index contributed by atoms with van der Waals surface area (Å²) < 4.78 is 36.2. The van der Waals surface area contributed by atoms with Gasteiger partial charge < -0.3 is 9.47 Å². The standard InChI is InChI=1S/C21H26ClN3O5S/c1-6-17(15-10-11-19(29-3)20(12-15)30-4)23-24-21(26)13-25(31(5,27)28)18-9-7-8-16(22)14(18)2/h7-12H,6,13H2,1-5H3,(H,24,26). The summed E-state index contributed by atoms with van der Waals surface area (Å²) in [5, 5.41) is 4.59. The highest BCUT2D eigenvalue weighted by Crippen LogP contribution is 2.29. The number of nitrogens with zero attached hydrogens (tertiary/aromatic N) is 2.